The molecule has 0 radical (unpaired) electrons. The number of benzene rings is 1. The summed E-state index contributed by atoms with van der Waals surface area (Å²) in [4.78, 5) is 16.8. The van der Waals surface area contributed by atoms with E-state index in [0.717, 1.165) is 24.0 Å². The highest BCUT2D eigenvalue weighted by molar-refractivity contribution is 6.04. The lowest BCUT2D eigenvalue weighted by Crippen LogP contribution is -2.35. The second-order valence-electron chi connectivity index (χ2n) is 5.84. The van der Waals surface area contributed by atoms with Gasteiger partial charge in [-0.2, -0.15) is 5.10 Å². The lowest BCUT2D eigenvalue weighted by atomic mass is 10.1. The number of aromatic nitrogens is 2. The van der Waals surface area contributed by atoms with Crippen LogP contribution in [0.5, 0.6) is 0 Å². The average Bonchev–Trinajstić information content (AvgIpc) is 3.01. The van der Waals surface area contributed by atoms with Crippen LogP contribution in [0.1, 0.15) is 17.4 Å². The lowest BCUT2D eigenvalue weighted by molar-refractivity contribution is 0.0777. The molecule has 1 N–H and O–H groups in total. The number of amides is 1. The second-order valence-corrected chi connectivity index (χ2v) is 5.84. The highest BCUT2D eigenvalue weighted by atomic mass is 16.2. The number of H-pyrrole nitrogens is 1. The molecule has 1 aliphatic rings. The molecule has 1 aromatic carbocycles. The van der Waals surface area contributed by atoms with Gasteiger partial charge >= 0.3 is 0 Å². The molecule has 3 rings (SSSR count). The van der Waals surface area contributed by atoms with E-state index in [1.54, 1.807) is 0 Å². The van der Waals surface area contributed by atoms with E-state index < -0.39 is 0 Å². The Balaban J connectivity index is 1.87. The van der Waals surface area contributed by atoms with E-state index in [2.05, 4.69) is 36.1 Å². The Labute approximate surface area is 118 Å². The Hall–Kier alpha value is -1.88. The quantitative estimate of drug-likeness (QED) is 0.903. The van der Waals surface area contributed by atoms with Crippen molar-refractivity contribution in [3.05, 3.63) is 30.0 Å². The first-order chi connectivity index (χ1) is 9.58. The Kier molecular flexibility index (Phi) is 3.22. The van der Waals surface area contributed by atoms with Gasteiger partial charge < -0.3 is 9.80 Å². The number of hydrogen-bond acceptors (Lipinski definition) is 3. The molecule has 2 unspecified atom stereocenters. The van der Waals surface area contributed by atoms with E-state index in [0.29, 0.717) is 17.7 Å². The Morgan fingerprint density at radius 2 is 2.10 bits per heavy atom. The highest BCUT2D eigenvalue weighted by Crippen LogP contribution is 2.23. The number of fused-ring (bicyclic) bond motifs is 1. The second kappa shape index (κ2) is 4.90. The van der Waals surface area contributed by atoms with Gasteiger partial charge in [-0.15, -0.1) is 0 Å². The van der Waals surface area contributed by atoms with Crippen molar-refractivity contribution < 1.29 is 4.79 Å². The highest BCUT2D eigenvalue weighted by Gasteiger charge is 2.35. The SMILES string of the molecule is CC1CN(C(=O)c2n[nH]c3ccccc23)CC1N(C)C. The minimum absolute atomic E-state index is 0.0265. The van der Waals surface area contributed by atoms with Gasteiger partial charge in [0.1, 0.15) is 0 Å². The normalized spacial score (nSPS) is 22.9. The number of aromatic amines is 1. The molecule has 2 heterocycles. The van der Waals surface area contributed by atoms with Gasteiger partial charge in [0.25, 0.3) is 5.91 Å². The van der Waals surface area contributed by atoms with Crippen LogP contribution in [0.2, 0.25) is 0 Å². The maximum Gasteiger partial charge on any atom is 0.275 e. The number of carbonyl (C=O) groups excluding carboxylic acids is 1. The van der Waals surface area contributed by atoms with Gasteiger partial charge in [0.2, 0.25) is 0 Å². The number of nitrogens with one attached hydrogen (secondary N) is 1. The Morgan fingerprint density at radius 3 is 2.80 bits per heavy atom. The summed E-state index contributed by atoms with van der Waals surface area (Å²) >= 11 is 0. The first-order valence-corrected chi connectivity index (χ1v) is 6.96. The molecule has 0 spiro atoms. The van der Waals surface area contributed by atoms with Gasteiger partial charge in [-0.25, -0.2) is 0 Å². The van der Waals surface area contributed by atoms with Crippen LogP contribution in [0, 0.1) is 5.92 Å². The zero-order valence-corrected chi connectivity index (χ0v) is 12.1. The molecule has 5 heteroatoms. The van der Waals surface area contributed by atoms with Crippen molar-refractivity contribution in [3.63, 3.8) is 0 Å². The van der Waals surface area contributed by atoms with Crippen LogP contribution < -0.4 is 0 Å². The third-order valence-corrected chi connectivity index (χ3v) is 4.20. The van der Waals surface area contributed by atoms with Crippen molar-refractivity contribution >= 4 is 16.8 Å². The zero-order chi connectivity index (χ0) is 14.3. The summed E-state index contributed by atoms with van der Waals surface area (Å²) < 4.78 is 0. The standard InChI is InChI=1S/C15H20N4O/c1-10-8-19(9-13(10)18(2)3)15(20)14-11-6-4-5-7-12(11)16-17-14/h4-7,10,13H,8-9H2,1-3H3,(H,16,17). The first-order valence-electron chi connectivity index (χ1n) is 6.96. The van der Waals surface area contributed by atoms with Gasteiger partial charge in [0.05, 0.1) is 5.52 Å². The van der Waals surface area contributed by atoms with Crippen LogP contribution >= 0.6 is 0 Å². The van der Waals surface area contributed by atoms with Crippen LogP contribution in [0.3, 0.4) is 0 Å². The molecule has 1 saturated heterocycles. The molecule has 0 saturated carbocycles. The van der Waals surface area contributed by atoms with Crippen molar-refractivity contribution in [1.82, 2.24) is 20.0 Å². The van der Waals surface area contributed by atoms with Crippen LogP contribution in [-0.2, 0) is 0 Å². The fourth-order valence-corrected chi connectivity index (χ4v) is 3.06. The molecule has 1 amide bonds. The predicted molar refractivity (Wildman–Crippen MR) is 78.6 cm³/mol. The van der Waals surface area contributed by atoms with E-state index in [1.165, 1.54) is 0 Å². The van der Waals surface area contributed by atoms with Gasteiger partial charge in [0, 0.05) is 24.5 Å². The predicted octanol–water partition coefficient (Wildman–Crippen LogP) is 1.58. The Morgan fingerprint density at radius 1 is 1.35 bits per heavy atom. The number of para-hydroxylation sites is 1. The largest absolute Gasteiger partial charge is 0.335 e. The molecule has 2 atom stereocenters. The first kappa shape index (κ1) is 13.1. The number of carbonyl (C=O) groups is 1. The van der Waals surface area contributed by atoms with Gasteiger partial charge in [-0.3, -0.25) is 9.89 Å². The van der Waals surface area contributed by atoms with Crippen LogP contribution in [0.25, 0.3) is 10.9 Å². The fourth-order valence-electron chi connectivity index (χ4n) is 3.06. The molecule has 106 valence electrons. The fraction of sp³-hybridized carbons (Fsp3) is 0.467. The van der Waals surface area contributed by atoms with E-state index in [4.69, 9.17) is 0 Å². The van der Waals surface area contributed by atoms with Gasteiger partial charge in [-0.1, -0.05) is 25.1 Å². The molecular weight excluding hydrogens is 252 g/mol. The van der Waals surface area contributed by atoms with Crippen LogP contribution in [0.4, 0.5) is 0 Å². The molecule has 1 aliphatic heterocycles. The summed E-state index contributed by atoms with van der Waals surface area (Å²) in [5.74, 6) is 0.512. The van der Waals surface area contributed by atoms with Crippen LogP contribution in [-0.4, -0.2) is 59.1 Å². The third-order valence-electron chi connectivity index (χ3n) is 4.20. The summed E-state index contributed by atoms with van der Waals surface area (Å²) in [7, 11) is 4.14. The van der Waals surface area contributed by atoms with Crippen molar-refractivity contribution in [2.24, 2.45) is 5.92 Å². The Bertz CT molecular complexity index is 634. The third kappa shape index (κ3) is 2.08. The van der Waals surface area contributed by atoms with Crippen molar-refractivity contribution in [2.45, 2.75) is 13.0 Å². The number of nitrogens with zero attached hydrogens (tertiary/aromatic N) is 3. The average molecular weight is 272 g/mol. The molecule has 20 heavy (non-hydrogen) atoms. The molecule has 0 bridgehead atoms. The van der Waals surface area contributed by atoms with Crippen molar-refractivity contribution in [3.8, 4) is 0 Å². The minimum Gasteiger partial charge on any atom is -0.335 e. The molecular formula is C15H20N4O. The van der Waals surface area contributed by atoms with Crippen LogP contribution in [0.15, 0.2) is 24.3 Å². The molecule has 5 nitrogen and oxygen atoms in total. The van der Waals surface area contributed by atoms with Gasteiger partial charge in [0.15, 0.2) is 5.69 Å². The van der Waals surface area contributed by atoms with E-state index in [1.807, 2.05) is 29.2 Å². The van der Waals surface area contributed by atoms with E-state index >= 15 is 0 Å². The molecule has 2 aromatic rings. The molecule has 1 aromatic heterocycles. The maximum atomic E-state index is 12.7. The maximum absolute atomic E-state index is 12.7. The monoisotopic (exact) mass is 272 g/mol. The van der Waals surface area contributed by atoms with E-state index in [-0.39, 0.29) is 5.91 Å². The molecule has 1 fully saturated rings. The summed E-state index contributed by atoms with van der Waals surface area (Å²) in [6, 6.07) is 8.17. The smallest absolute Gasteiger partial charge is 0.275 e. The van der Waals surface area contributed by atoms with E-state index in [9.17, 15) is 4.79 Å². The molecule has 0 aliphatic carbocycles. The topological polar surface area (TPSA) is 52.2 Å². The number of likely N-dealkylation sites (tertiary alicyclic amines) is 1. The summed E-state index contributed by atoms with van der Waals surface area (Å²) in [6.07, 6.45) is 0. The summed E-state index contributed by atoms with van der Waals surface area (Å²) in [6.45, 7) is 3.76. The lowest BCUT2D eigenvalue weighted by Gasteiger charge is -2.22. The number of hydrogen-bond donors (Lipinski definition) is 1. The summed E-state index contributed by atoms with van der Waals surface area (Å²) in [5, 5.41) is 8.04. The summed E-state index contributed by atoms with van der Waals surface area (Å²) in [5.41, 5.74) is 1.44. The number of rotatable bonds is 2. The number of likely N-dealkylation sites (N-methyl/N-ethyl adjacent to an activating group) is 1. The van der Waals surface area contributed by atoms with Crippen molar-refractivity contribution in [1.29, 1.82) is 0 Å². The van der Waals surface area contributed by atoms with Crippen molar-refractivity contribution in [2.75, 3.05) is 27.2 Å². The zero-order valence-electron chi connectivity index (χ0n) is 12.1. The van der Waals surface area contributed by atoms with Gasteiger partial charge in [-0.05, 0) is 26.1 Å². The minimum atomic E-state index is 0.0265.